The molecule has 0 bridgehead atoms. The number of nitrogens with zero attached hydrogens (tertiary/aromatic N) is 1. The smallest absolute Gasteiger partial charge is 0.349 e. The highest BCUT2D eigenvalue weighted by Crippen LogP contribution is 2.48. The van der Waals surface area contributed by atoms with Gasteiger partial charge in [-0.25, -0.2) is 4.79 Å². The van der Waals surface area contributed by atoms with E-state index < -0.39 is 18.5 Å². The predicted molar refractivity (Wildman–Crippen MR) is 144 cm³/mol. The van der Waals surface area contributed by atoms with E-state index in [-0.39, 0.29) is 61.1 Å². The summed E-state index contributed by atoms with van der Waals surface area (Å²) in [5.41, 5.74) is 0.310. The maximum atomic E-state index is 12.5. The number of carbonyl (C=O) groups excluding carboxylic acids is 2. The minimum atomic E-state index is -0.821. The summed E-state index contributed by atoms with van der Waals surface area (Å²) in [5.74, 6) is -0.743. The minimum Gasteiger partial charge on any atom is -0.490 e. The Morgan fingerprint density at radius 1 is 1.00 bits per heavy atom. The zero-order valence-electron chi connectivity index (χ0n) is 19.4. The van der Waals surface area contributed by atoms with Crippen molar-refractivity contribution in [1.82, 2.24) is 5.32 Å². The number of hydrogen-bond acceptors (Lipinski definition) is 7. The molecule has 3 aromatic rings. The highest BCUT2D eigenvalue weighted by Gasteiger charge is 2.22. The Morgan fingerprint density at radius 2 is 1.68 bits per heavy atom. The Kier molecular flexibility index (Phi) is 10.6. The number of nitriles is 1. The zero-order valence-corrected chi connectivity index (χ0v) is 23.2. The Bertz CT molecular complexity index is 1390. The van der Waals surface area contributed by atoms with Crippen molar-refractivity contribution in [2.24, 2.45) is 0 Å². The molecule has 0 aliphatic heterocycles. The van der Waals surface area contributed by atoms with Crippen LogP contribution in [0.25, 0.3) is 6.08 Å². The molecule has 1 N–H and O–H groups in total. The van der Waals surface area contributed by atoms with Crippen LogP contribution in [-0.4, -0.2) is 25.1 Å². The van der Waals surface area contributed by atoms with E-state index in [1.165, 1.54) is 30.5 Å². The fourth-order valence-electron chi connectivity index (χ4n) is 2.95. The fourth-order valence-corrected chi connectivity index (χ4v) is 4.18. The van der Waals surface area contributed by atoms with Crippen LogP contribution < -0.4 is 19.5 Å². The Morgan fingerprint density at radius 3 is 2.29 bits per heavy atom. The summed E-state index contributed by atoms with van der Waals surface area (Å²) in [6, 6.07) is 9.73. The first-order valence-corrected chi connectivity index (χ1v) is 12.6. The van der Waals surface area contributed by atoms with Crippen LogP contribution in [0.15, 0.2) is 46.6 Å². The highest BCUT2D eigenvalue weighted by molar-refractivity contribution is 6.55. The van der Waals surface area contributed by atoms with Crippen molar-refractivity contribution in [3.05, 3.63) is 78.6 Å². The van der Waals surface area contributed by atoms with E-state index in [1.807, 2.05) is 6.07 Å². The van der Waals surface area contributed by atoms with Crippen LogP contribution in [0, 0.1) is 11.3 Å². The quantitative estimate of drug-likeness (QED) is 0.0641. The molecule has 1 amide bonds. The van der Waals surface area contributed by atoms with E-state index in [9.17, 15) is 14.9 Å². The molecule has 0 radical (unpaired) electrons. The molecule has 3 rings (SSSR count). The molecule has 0 aliphatic rings. The van der Waals surface area contributed by atoms with E-state index in [1.54, 1.807) is 19.1 Å². The van der Waals surface area contributed by atoms with Gasteiger partial charge in [-0.05, 0) is 42.8 Å². The van der Waals surface area contributed by atoms with Crippen molar-refractivity contribution < 1.29 is 28.2 Å². The number of carbonyl (C=O) groups is 2. The number of furan rings is 1. The van der Waals surface area contributed by atoms with Gasteiger partial charge in [-0.3, -0.25) is 4.79 Å². The molecular weight excluding hydrogens is 602 g/mol. The van der Waals surface area contributed by atoms with Gasteiger partial charge in [0.1, 0.15) is 27.4 Å². The molecule has 0 atom stereocenters. The Hall–Kier alpha value is -3.06. The third-order valence-electron chi connectivity index (χ3n) is 4.67. The van der Waals surface area contributed by atoms with E-state index in [2.05, 4.69) is 5.32 Å². The SMILES string of the molecule is CCOc1cc(/C=C(\C#N)C(=O)NCc2ccco2)ccc1OC(=O)COc1c(Cl)c(Cl)c(Cl)c(Cl)c1Cl. The molecule has 0 saturated carbocycles. The number of halogens is 5. The van der Waals surface area contributed by atoms with Gasteiger partial charge < -0.3 is 23.9 Å². The average molecular weight is 619 g/mol. The van der Waals surface area contributed by atoms with Crippen LogP contribution in [-0.2, 0) is 16.1 Å². The molecular formula is C25H17Cl5N2O6. The second-order valence-corrected chi connectivity index (χ2v) is 9.12. The maximum Gasteiger partial charge on any atom is 0.349 e. The largest absolute Gasteiger partial charge is 0.490 e. The number of ether oxygens (including phenoxy) is 3. The van der Waals surface area contributed by atoms with Crippen molar-refractivity contribution in [2.75, 3.05) is 13.2 Å². The number of esters is 1. The molecule has 0 spiro atoms. The summed E-state index contributed by atoms with van der Waals surface area (Å²) in [5, 5.41) is 11.6. The van der Waals surface area contributed by atoms with Crippen LogP contribution >= 0.6 is 58.0 Å². The molecule has 198 valence electrons. The second-order valence-electron chi connectivity index (χ2n) is 7.23. The third-order valence-corrected chi connectivity index (χ3v) is 6.92. The Labute approximate surface area is 242 Å². The first-order chi connectivity index (χ1) is 18.2. The number of rotatable bonds is 10. The van der Waals surface area contributed by atoms with Gasteiger partial charge in [0.15, 0.2) is 23.9 Å². The number of nitrogens with one attached hydrogen (secondary N) is 1. The van der Waals surface area contributed by atoms with Gasteiger partial charge in [0.05, 0.1) is 34.5 Å². The third kappa shape index (κ3) is 7.28. The zero-order chi connectivity index (χ0) is 27.8. The topological polar surface area (TPSA) is 111 Å². The van der Waals surface area contributed by atoms with Gasteiger partial charge in [0.2, 0.25) is 0 Å². The molecule has 2 aromatic carbocycles. The average Bonchev–Trinajstić information content (AvgIpc) is 3.43. The molecule has 8 nitrogen and oxygen atoms in total. The molecule has 1 aromatic heterocycles. The monoisotopic (exact) mass is 616 g/mol. The molecule has 13 heteroatoms. The van der Waals surface area contributed by atoms with E-state index >= 15 is 0 Å². The van der Waals surface area contributed by atoms with E-state index in [0.717, 1.165) is 0 Å². The summed E-state index contributed by atoms with van der Waals surface area (Å²) < 4.78 is 21.5. The van der Waals surface area contributed by atoms with Crippen molar-refractivity contribution in [3.63, 3.8) is 0 Å². The van der Waals surface area contributed by atoms with Crippen molar-refractivity contribution >= 4 is 76.0 Å². The van der Waals surface area contributed by atoms with E-state index in [0.29, 0.717) is 11.3 Å². The number of amides is 1. The lowest BCUT2D eigenvalue weighted by Crippen LogP contribution is -2.23. The molecule has 0 fully saturated rings. The minimum absolute atomic E-state index is 0.0525. The van der Waals surface area contributed by atoms with Crippen LogP contribution in [0.3, 0.4) is 0 Å². The lowest BCUT2D eigenvalue weighted by Gasteiger charge is -2.14. The normalized spacial score (nSPS) is 11.0. The van der Waals surface area contributed by atoms with Crippen molar-refractivity contribution in [2.45, 2.75) is 13.5 Å². The van der Waals surface area contributed by atoms with Crippen LogP contribution in [0.1, 0.15) is 18.2 Å². The first kappa shape index (κ1) is 29.5. The van der Waals surface area contributed by atoms with Crippen LogP contribution in [0.5, 0.6) is 17.2 Å². The number of benzene rings is 2. The lowest BCUT2D eigenvalue weighted by atomic mass is 10.1. The van der Waals surface area contributed by atoms with Gasteiger partial charge in [0.25, 0.3) is 5.91 Å². The van der Waals surface area contributed by atoms with Crippen molar-refractivity contribution in [1.29, 1.82) is 5.26 Å². The fraction of sp³-hybridized carbons (Fsp3) is 0.160. The first-order valence-electron chi connectivity index (χ1n) is 10.7. The van der Waals surface area contributed by atoms with Crippen LogP contribution in [0.2, 0.25) is 25.1 Å². The standard InChI is InChI=1S/C25H17Cl5N2O6/c1-2-35-17-9-13(8-14(10-31)25(34)32-11-15-4-3-7-36-15)5-6-16(17)38-18(33)12-37-24-22(29)20(27)19(26)21(28)23(24)30/h3-9H,2,11-12H2,1H3,(H,32,34)/b14-8+. The van der Waals surface area contributed by atoms with Gasteiger partial charge in [-0.1, -0.05) is 64.1 Å². The summed E-state index contributed by atoms with van der Waals surface area (Å²) in [6.45, 7) is 1.50. The summed E-state index contributed by atoms with van der Waals surface area (Å²) in [7, 11) is 0. The predicted octanol–water partition coefficient (Wildman–Crippen LogP) is 7.15. The maximum absolute atomic E-state index is 12.5. The van der Waals surface area contributed by atoms with Gasteiger partial charge in [-0.15, -0.1) is 0 Å². The lowest BCUT2D eigenvalue weighted by molar-refractivity contribution is -0.136. The summed E-state index contributed by atoms with van der Waals surface area (Å²) in [6.07, 6.45) is 2.85. The van der Waals surface area contributed by atoms with Gasteiger partial charge >= 0.3 is 5.97 Å². The summed E-state index contributed by atoms with van der Waals surface area (Å²) >= 11 is 30.2. The van der Waals surface area contributed by atoms with E-state index in [4.69, 9.17) is 76.6 Å². The Balaban J connectivity index is 1.72. The van der Waals surface area contributed by atoms with Crippen molar-refractivity contribution in [3.8, 4) is 23.3 Å². The molecule has 0 aliphatic carbocycles. The molecule has 0 saturated heterocycles. The molecule has 1 heterocycles. The highest BCUT2D eigenvalue weighted by atomic mass is 35.5. The van der Waals surface area contributed by atoms with Gasteiger partial charge in [-0.2, -0.15) is 5.26 Å². The second kappa shape index (κ2) is 13.7. The number of hydrogen-bond donors (Lipinski definition) is 1. The van der Waals surface area contributed by atoms with Gasteiger partial charge in [0, 0.05) is 0 Å². The molecule has 0 unspecified atom stereocenters. The van der Waals surface area contributed by atoms with Crippen LogP contribution in [0.4, 0.5) is 0 Å². The summed E-state index contributed by atoms with van der Waals surface area (Å²) in [4.78, 5) is 24.9. The molecule has 38 heavy (non-hydrogen) atoms.